The minimum Gasteiger partial charge on any atom is -0.496 e. The van der Waals surface area contributed by atoms with Crippen molar-refractivity contribution < 1.29 is 9.47 Å². The molecule has 0 amide bonds. The van der Waals surface area contributed by atoms with E-state index in [0.717, 1.165) is 40.8 Å². The van der Waals surface area contributed by atoms with Crippen LogP contribution < -0.4 is 15.2 Å². The number of para-hydroxylation sites is 1. The minimum atomic E-state index is 0.440. The maximum atomic E-state index is 6.04. The number of ether oxygens (including phenoxy) is 2. The van der Waals surface area contributed by atoms with E-state index in [9.17, 15) is 0 Å². The monoisotopic (exact) mass is 322 g/mol. The SMILES string of the molecule is COc1ccc(CCCN)cc1COc1cccc2cccnc12. The van der Waals surface area contributed by atoms with Gasteiger partial charge in [0.25, 0.3) is 0 Å². The zero-order chi connectivity index (χ0) is 16.8. The summed E-state index contributed by atoms with van der Waals surface area (Å²) in [6.45, 7) is 1.13. The molecule has 0 bridgehead atoms. The molecule has 0 aliphatic carbocycles. The van der Waals surface area contributed by atoms with Gasteiger partial charge in [0, 0.05) is 17.1 Å². The van der Waals surface area contributed by atoms with Crippen LogP contribution in [0.25, 0.3) is 10.9 Å². The van der Waals surface area contributed by atoms with E-state index in [0.29, 0.717) is 13.2 Å². The standard InChI is InChI=1S/C20H22N2O2/c1-23-18-10-9-15(5-3-11-21)13-17(18)14-24-19-8-2-6-16-7-4-12-22-20(16)19/h2,4,6-10,12-13H,3,5,11,14,21H2,1H3. The fraction of sp³-hybridized carbons (Fsp3) is 0.250. The summed E-state index contributed by atoms with van der Waals surface area (Å²) >= 11 is 0. The Morgan fingerprint density at radius 2 is 1.92 bits per heavy atom. The van der Waals surface area contributed by atoms with Crippen LogP contribution in [0, 0.1) is 0 Å². The van der Waals surface area contributed by atoms with Crippen LogP contribution >= 0.6 is 0 Å². The van der Waals surface area contributed by atoms with E-state index < -0.39 is 0 Å². The first-order valence-electron chi connectivity index (χ1n) is 8.14. The van der Waals surface area contributed by atoms with E-state index in [-0.39, 0.29) is 0 Å². The van der Waals surface area contributed by atoms with Crippen LogP contribution in [0.2, 0.25) is 0 Å². The lowest BCUT2D eigenvalue weighted by Gasteiger charge is -2.13. The van der Waals surface area contributed by atoms with E-state index in [4.69, 9.17) is 15.2 Å². The second kappa shape index (κ2) is 7.79. The molecule has 24 heavy (non-hydrogen) atoms. The highest BCUT2D eigenvalue weighted by Gasteiger charge is 2.08. The smallest absolute Gasteiger partial charge is 0.146 e. The van der Waals surface area contributed by atoms with Gasteiger partial charge in [-0.15, -0.1) is 0 Å². The molecule has 0 aliphatic heterocycles. The van der Waals surface area contributed by atoms with Gasteiger partial charge in [-0.3, -0.25) is 4.98 Å². The molecule has 124 valence electrons. The summed E-state index contributed by atoms with van der Waals surface area (Å²) in [4.78, 5) is 4.42. The maximum Gasteiger partial charge on any atom is 0.146 e. The number of hydrogen-bond acceptors (Lipinski definition) is 4. The molecule has 1 aromatic heterocycles. The molecule has 3 rings (SSSR count). The zero-order valence-electron chi connectivity index (χ0n) is 13.9. The Hall–Kier alpha value is -2.59. The summed E-state index contributed by atoms with van der Waals surface area (Å²) < 4.78 is 11.5. The van der Waals surface area contributed by atoms with Crippen LogP contribution in [0.1, 0.15) is 17.5 Å². The summed E-state index contributed by atoms with van der Waals surface area (Å²) in [6, 6.07) is 16.1. The van der Waals surface area contributed by atoms with E-state index in [2.05, 4.69) is 17.1 Å². The van der Waals surface area contributed by atoms with Crippen molar-refractivity contribution in [3.8, 4) is 11.5 Å². The molecular weight excluding hydrogens is 300 g/mol. The summed E-state index contributed by atoms with van der Waals surface area (Å²) in [5, 5.41) is 1.07. The highest BCUT2D eigenvalue weighted by atomic mass is 16.5. The van der Waals surface area contributed by atoms with Gasteiger partial charge in [-0.05, 0) is 49.2 Å². The Bertz CT molecular complexity index is 812. The normalized spacial score (nSPS) is 10.8. The van der Waals surface area contributed by atoms with Crippen molar-refractivity contribution in [2.24, 2.45) is 5.73 Å². The number of fused-ring (bicyclic) bond motifs is 1. The van der Waals surface area contributed by atoms with Crippen LogP contribution in [0.5, 0.6) is 11.5 Å². The summed E-state index contributed by atoms with van der Waals surface area (Å²) in [5.41, 5.74) is 8.75. The molecule has 2 N–H and O–H groups in total. The average molecular weight is 322 g/mol. The van der Waals surface area contributed by atoms with Crippen molar-refractivity contribution in [3.63, 3.8) is 0 Å². The molecule has 0 radical (unpaired) electrons. The Balaban J connectivity index is 1.82. The van der Waals surface area contributed by atoms with E-state index in [1.807, 2.05) is 36.4 Å². The molecule has 0 saturated heterocycles. The van der Waals surface area contributed by atoms with Crippen LogP contribution in [-0.4, -0.2) is 18.6 Å². The van der Waals surface area contributed by atoms with Crippen LogP contribution in [-0.2, 0) is 13.0 Å². The van der Waals surface area contributed by atoms with Crippen molar-refractivity contribution in [1.82, 2.24) is 4.98 Å². The Morgan fingerprint density at radius 1 is 1.04 bits per heavy atom. The van der Waals surface area contributed by atoms with Gasteiger partial charge in [-0.25, -0.2) is 0 Å². The topological polar surface area (TPSA) is 57.4 Å². The Labute approximate surface area is 142 Å². The number of aromatic nitrogens is 1. The zero-order valence-corrected chi connectivity index (χ0v) is 13.9. The minimum absolute atomic E-state index is 0.440. The van der Waals surface area contributed by atoms with Gasteiger partial charge >= 0.3 is 0 Å². The van der Waals surface area contributed by atoms with Crippen molar-refractivity contribution in [2.45, 2.75) is 19.4 Å². The quantitative estimate of drug-likeness (QED) is 0.720. The van der Waals surface area contributed by atoms with Gasteiger partial charge < -0.3 is 15.2 Å². The molecule has 3 aromatic rings. The second-order valence-corrected chi connectivity index (χ2v) is 5.66. The predicted molar refractivity (Wildman–Crippen MR) is 96.4 cm³/mol. The lowest BCUT2D eigenvalue weighted by atomic mass is 10.1. The van der Waals surface area contributed by atoms with Gasteiger partial charge in [0.2, 0.25) is 0 Å². The molecule has 0 unspecified atom stereocenters. The van der Waals surface area contributed by atoms with Gasteiger partial charge in [-0.2, -0.15) is 0 Å². The first kappa shape index (κ1) is 16.3. The fourth-order valence-electron chi connectivity index (χ4n) is 2.75. The Morgan fingerprint density at radius 3 is 2.75 bits per heavy atom. The molecule has 0 fully saturated rings. The fourth-order valence-corrected chi connectivity index (χ4v) is 2.75. The molecule has 0 atom stereocenters. The number of hydrogen-bond donors (Lipinski definition) is 1. The van der Waals surface area contributed by atoms with Gasteiger partial charge in [-0.1, -0.05) is 24.3 Å². The molecule has 0 saturated carbocycles. The molecule has 2 aromatic carbocycles. The number of benzene rings is 2. The summed E-state index contributed by atoms with van der Waals surface area (Å²) in [5.74, 6) is 1.61. The van der Waals surface area contributed by atoms with Crippen LogP contribution in [0.4, 0.5) is 0 Å². The summed E-state index contributed by atoms with van der Waals surface area (Å²) in [7, 11) is 1.68. The number of nitrogens with two attached hydrogens (primary N) is 1. The van der Waals surface area contributed by atoms with E-state index >= 15 is 0 Å². The lowest BCUT2D eigenvalue weighted by Crippen LogP contribution is -2.03. The number of aryl methyl sites for hydroxylation is 1. The lowest BCUT2D eigenvalue weighted by molar-refractivity contribution is 0.299. The van der Waals surface area contributed by atoms with Crippen LogP contribution in [0.3, 0.4) is 0 Å². The van der Waals surface area contributed by atoms with E-state index in [1.165, 1.54) is 5.56 Å². The average Bonchev–Trinajstić information content (AvgIpc) is 2.64. The maximum absolute atomic E-state index is 6.04. The molecule has 1 heterocycles. The van der Waals surface area contributed by atoms with Crippen molar-refractivity contribution >= 4 is 10.9 Å². The third-order valence-electron chi connectivity index (χ3n) is 3.99. The van der Waals surface area contributed by atoms with Crippen molar-refractivity contribution in [2.75, 3.05) is 13.7 Å². The number of methoxy groups -OCH3 is 1. The molecule has 4 heteroatoms. The van der Waals surface area contributed by atoms with Crippen molar-refractivity contribution in [3.05, 3.63) is 65.9 Å². The summed E-state index contributed by atoms with van der Waals surface area (Å²) in [6.07, 6.45) is 3.71. The molecule has 4 nitrogen and oxygen atoms in total. The highest BCUT2D eigenvalue weighted by Crippen LogP contribution is 2.26. The number of rotatable bonds is 7. The van der Waals surface area contributed by atoms with Gasteiger partial charge in [0.05, 0.1) is 7.11 Å². The molecular formula is C20H22N2O2. The van der Waals surface area contributed by atoms with Crippen molar-refractivity contribution in [1.29, 1.82) is 0 Å². The molecule has 0 spiro atoms. The number of nitrogens with zero attached hydrogens (tertiary/aromatic N) is 1. The molecule has 0 aliphatic rings. The first-order valence-corrected chi connectivity index (χ1v) is 8.14. The van der Waals surface area contributed by atoms with E-state index in [1.54, 1.807) is 13.3 Å². The van der Waals surface area contributed by atoms with Gasteiger partial charge in [0.15, 0.2) is 0 Å². The first-order chi connectivity index (χ1) is 11.8. The van der Waals surface area contributed by atoms with Gasteiger partial charge in [0.1, 0.15) is 23.6 Å². The third kappa shape index (κ3) is 3.66. The second-order valence-electron chi connectivity index (χ2n) is 5.66. The highest BCUT2D eigenvalue weighted by molar-refractivity contribution is 5.84. The predicted octanol–water partition coefficient (Wildman–Crippen LogP) is 3.71. The van der Waals surface area contributed by atoms with Crippen LogP contribution in [0.15, 0.2) is 54.7 Å². The Kier molecular flexibility index (Phi) is 5.29. The third-order valence-corrected chi connectivity index (χ3v) is 3.99. The largest absolute Gasteiger partial charge is 0.496 e. The number of pyridine rings is 1.